The van der Waals surface area contributed by atoms with E-state index in [1.54, 1.807) is 4.90 Å². The second-order valence-corrected chi connectivity index (χ2v) is 7.04. The standard InChI is InChI=1S/C17H18BrNO6/c1-9(20)25-16-12-13(18)15(16)19(17(22)24-8-11(21)23-2)14(12)10-6-4-3-5-7-10/h3-7,12-16H,8H2,1-2H3/t12-,13+,14+,15-,16+/m1/s1. The molecule has 3 aliphatic rings. The average molecular weight is 412 g/mol. The second kappa shape index (κ2) is 7.03. The monoisotopic (exact) mass is 411 g/mol. The van der Waals surface area contributed by atoms with Gasteiger partial charge in [-0.15, -0.1) is 0 Å². The zero-order valence-electron chi connectivity index (χ0n) is 13.8. The van der Waals surface area contributed by atoms with E-state index in [1.165, 1.54) is 14.0 Å². The molecule has 8 heteroatoms. The molecule has 3 fully saturated rings. The lowest BCUT2D eigenvalue weighted by Crippen LogP contribution is -2.56. The highest BCUT2D eigenvalue weighted by Gasteiger charge is 2.68. The van der Waals surface area contributed by atoms with Gasteiger partial charge in [-0.2, -0.15) is 0 Å². The number of hydrogen-bond acceptors (Lipinski definition) is 6. The van der Waals surface area contributed by atoms with Gasteiger partial charge in [-0.1, -0.05) is 46.3 Å². The number of nitrogens with zero attached hydrogens (tertiary/aromatic N) is 1. The lowest BCUT2D eigenvalue weighted by atomic mass is 9.77. The number of benzene rings is 1. The van der Waals surface area contributed by atoms with Gasteiger partial charge in [0.05, 0.1) is 19.2 Å². The van der Waals surface area contributed by atoms with Gasteiger partial charge in [-0.3, -0.25) is 9.69 Å². The zero-order chi connectivity index (χ0) is 18.1. The minimum absolute atomic E-state index is 0.0206. The minimum atomic E-state index is -0.636. The van der Waals surface area contributed by atoms with Crippen LogP contribution in [-0.2, 0) is 23.8 Å². The molecule has 5 atom stereocenters. The Balaban J connectivity index is 1.86. The highest BCUT2D eigenvalue weighted by molar-refractivity contribution is 9.09. The number of hydrogen-bond donors (Lipinski definition) is 0. The Bertz CT molecular complexity index is 681. The normalized spacial score (nSPS) is 29.6. The fraction of sp³-hybridized carbons (Fsp3) is 0.471. The Morgan fingerprint density at radius 1 is 1.20 bits per heavy atom. The molecule has 25 heavy (non-hydrogen) atoms. The third kappa shape index (κ3) is 3.10. The van der Waals surface area contributed by atoms with Gasteiger partial charge < -0.3 is 14.2 Å². The summed E-state index contributed by atoms with van der Waals surface area (Å²) >= 11 is 3.59. The van der Waals surface area contributed by atoms with E-state index in [1.807, 2.05) is 30.3 Å². The number of carbonyl (C=O) groups excluding carboxylic acids is 3. The molecule has 134 valence electrons. The number of carbonyl (C=O) groups is 3. The van der Waals surface area contributed by atoms with E-state index in [-0.39, 0.29) is 22.8 Å². The van der Waals surface area contributed by atoms with Gasteiger partial charge in [0.15, 0.2) is 6.61 Å². The minimum Gasteiger partial charge on any atom is -0.466 e. The van der Waals surface area contributed by atoms with Gasteiger partial charge in [-0.25, -0.2) is 9.59 Å². The van der Waals surface area contributed by atoms with E-state index in [9.17, 15) is 14.4 Å². The first-order valence-electron chi connectivity index (χ1n) is 7.84. The van der Waals surface area contributed by atoms with Crippen molar-refractivity contribution in [3.63, 3.8) is 0 Å². The van der Waals surface area contributed by atoms with Crippen molar-refractivity contribution in [1.82, 2.24) is 4.90 Å². The van der Waals surface area contributed by atoms with Crippen LogP contribution in [0, 0.1) is 5.92 Å². The van der Waals surface area contributed by atoms with Crippen molar-refractivity contribution in [3.8, 4) is 0 Å². The molecular weight excluding hydrogens is 394 g/mol. The van der Waals surface area contributed by atoms with Crippen LogP contribution >= 0.6 is 15.9 Å². The Kier molecular flexibility index (Phi) is 4.99. The van der Waals surface area contributed by atoms with E-state index in [2.05, 4.69) is 20.7 Å². The molecule has 0 N–H and O–H groups in total. The van der Waals surface area contributed by atoms with Gasteiger partial charge in [0.2, 0.25) is 0 Å². The van der Waals surface area contributed by atoms with Gasteiger partial charge in [0.25, 0.3) is 0 Å². The predicted molar refractivity (Wildman–Crippen MR) is 89.9 cm³/mol. The third-order valence-corrected chi connectivity index (χ3v) is 5.74. The Morgan fingerprint density at radius 2 is 1.88 bits per heavy atom. The van der Waals surface area contributed by atoms with Crippen molar-refractivity contribution in [1.29, 1.82) is 0 Å². The molecule has 0 spiro atoms. The predicted octanol–water partition coefficient (Wildman–Crippen LogP) is 2.05. The van der Waals surface area contributed by atoms with Crippen LogP contribution < -0.4 is 0 Å². The number of alkyl halides is 1. The maximum atomic E-state index is 12.6. The van der Waals surface area contributed by atoms with Gasteiger partial charge in [0.1, 0.15) is 6.10 Å². The summed E-state index contributed by atoms with van der Waals surface area (Å²) in [5.74, 6) is -1.11. The maximum Gasteiger partial charge on any atom is 0.411 e. The molecule has 2 saturated heterocycles. The van der Waals surface area contributed by atoms with Crippen LogP contribution in [0.3, 0.4) is 0 Å². The number of methoxy groups -OCH3 is 1. The fourth-order valence-corrected chi connectivity index (χ4v) is 4.72. The molecule has 1 saturated carbocycles. The van der Waals surface area contributed by atoms with Crippen LogP contribution in [0.1, 0.15) is 18.5 Å². The van der Waals surface area contributed by atoms with E-state index < -0.39 is 30.7 Å². The molecule has 2 bridgehead atoms. The van der Waals surface area contributed by atoms with Crippen LogP contribution in [0.5, 0.6) is 0 Å². The molecule has 0 unspecified atom stereocenters. The Hall–Kier alpha value is -2.09. The van der Waals surface area contributed by atoms with Crippen LogP contribution in [0.2, 0.25) is 0 Å². The van der Waals surface area contributed by atoms with Crippen molar-refractivity contribution in [3.05, 3.63) is 35.9 Å². The van der Waals surface area contributed by atoms with Crippen molar-refractivity contribution < 1.29 is 28.6 Å². The number of ether oxygens (including phenoxy) is 3. The highest BCUT2D eigenvalue weighted by Crippen LogP contribution is 2.58. The summed E-state index contributed by atoms with van der Waals surface area (Å²) in [4.78, 5) is 36.8. The summed E-state index contributed by atoms with van der Waals surface area (Å²) < 4.78 is 15.0. The summed E-state index contributed by atoms with van der Waals surface area (Å²) in [5.41, 5.74) is 0.920. The first-order valence-corrected chi connectivity index (χ1v) is 8.75. The summed E-state index contributed by atoms with van der Waals surface area (Å²) in [6.07, 6.45) is -1.04. The summed E-state index contributed by atoms with van der Waals surface area (Å²) in [6, 6.07) is 8.83. The zero-order valence-corrected chi connectivity index (χ0v) is 15.3. The number of esters is 2. The molecule has 1 aromatic carbocycles. The molecule has 0 radical (unpaired) electrons. The van der Waals surface area contributed by atoms with E-state index in [4.69, 9.17) is 9.47 Å². The third-order valence-electron chi connectivity index (χ3n) is 4.59. The topological polar surface area (TPSA) is 82.1 Å². The van der Waals surface area contributed by atoms with Crippen LogP contribution in [-0.4, -0.2) is 53.6 Å². The lowest BCUT2D eigenvalue weighted by Gasteiger charge is -2.39. The van der Waals surface area contributed by atoms with Gasteiger partial charge >= 0.3 is 18.0 Å². The van der Waals surface area contributed by atoms with E-state index in [0.29, 0.717) is 0 Å². The molecule has 1 aliphatic carbocycles. The van der Waals surface area contributed by atoms with Crippen LogP contribution in [0.25, 0.3) is 0 Å². The SMILES string of the molecule is COC(=O)COC(=O)N1[C@@H]2[C@@H](Br)[C@@H]([C@@H]2OC(C)=O)[C@@H]1c1ccccc1. The highest BCUT2D eigenvalue weighted by atomic mass is 79.9. The van der Waals surface area contributed by atoms with Crippen molar-refractivity contribution >= 4 is 34.0 Å². The van der Waals surface area contributed by atoms with Crippen LogP contribution in [0.4, 0.5) is 4.79 Å². The van der Waals surface area contributed by atoms with Crippen molar-refractivity contribution in [2.75, 3.05) is 13.7 Å². The average Bonchev–Trinajstić information content (AvgIpc) is 3.11. The summed E-state index contributed by atoms with van der Waals surface area (Å²) in [5, 5.41) is 0. The molecule has 2 heterocycles. The summed E-state index contributed by atoms with van der Waals surface area (Å²) in [6.45, 7) is 0.883. The number of rotatable bonds is 4. The largest absolute Gasteiger partial charge is 0.466 e. The fourth-order valence-electron chi connectivity index (χ4n) is 3.57. The van der Waals surface area contributed by atoms with Crippen molar-refractivity contribution in [2.45, 2.75) is 29.9 Å². The molecule has 1 aromatic rings. The molecular formula is C17H18BrNO6. The van der Waals surface area contributed by atoms with E-state index >= 15 is 0 Å². The smallest absolute Gasteiger partial charge is 0.411 e. The van der Waals surface area contributed by atoms with Gasteiger partial charge in [0, 0.05) is 17.7 Å². The summed E-state index contributed by atoms with van der Waals surface area (Å²) in [7, 11) is 1.22. The Morgan fingerprint density at radius 3 is 2.48 bits per heavy atom. The van der Waals surface area contributed by atoms with Gasteiger partial charge in [-0.05, 0) is 5.56 Å². The lowest BCUT2D eigenvalue weighted by molar-refractivity contribution is -0.154. The quantitative estimate of drug-likeness (QED) is 0.428. The molecule has 2 aliphatic heterocycles. The molecule has 7 nitrogen and oxygen atoms in total. The molecule has 4 rings (SSSR count). The Labute approximate surface area is 153 Å². The number of halogens is 1. The number of fused-ring (bicyclic) bond motifs is 1. The van der Waals surface area contributed by atoms with Crippen molar-refractivity contribution in [2.24, 2.45) is 5.92 Å². The number of amides is 1. The first kappa shape index (κ1) is 17.7. The van der Waals surface area contributed by atoms with E-state index in [0.717, 1.165) is 5.56 Å². The molecule has 1 amide bonds. The van der Waals surface area contributed by atoms with Crippen LogP contribution in [0.15, 0.2) is 30.3 Å². The second-order valence-electron chi connectivity index (χ2n) is 5.98. The molecule has 0 aromatic heterocycles. The first-order chi connectivity index (χ1) is 12.0. The maximum absolute atomic E-state index is 12.6.